The molecule has 0 bridgehead atoms. The molecule has 2 aromatic heterocycles. The topological polar surface area (TPSA) is 35.0 Å². The van der Waals surface area contributed by atoms with Crippen LogP contribution in [0.3, 0.4) is 0 Å². The summed E-state index contributed by atoms with van der Waals surface area (Å²) in [6.07, 6.45) is 3.66. The number of nitrogens with zero attached hydrogens (tertiary/aromatic N) is 2. The lowest BCUT2D eigenvalue weighted by Gasteiger charge is -2.12. The summed E-state index contributed by atoms with van der Waals surface area (Å²) in [5.74, 6) is 0. The summed E-state index contributed by atoms with van der Waals surface area (Å²) in [6, 6.07) is 0. The molecule has 0 radical (unpaired) electrons. The van der Waals surface area contributed by atoms with Crippen LogP contribution in [0.1, 0.15) is 36.9 Å². The second-order valence-corrected chi connectivity index (χ2v) is 4.74. The molecule has 0 amide bonds. The average Bonchev–Trinajstić information content (AvgIpc) is 2.79. The van der Waals surface area contributed by atoms with Gasteiger partial charge in [-0.3, -0.25) is 0 Å². The molecular formula is C13H18N2OS. The van der Waals surface area contributed by atoms with Gasteiger partial charge < -0.3 is 4.74 Å². The maximum absolute atomic E-state index is 5.46. The number of ether oxygens (including phenoxy) is 1. The van der Waals surface area contributed by atoms with E-state index in [1.165, 1.54) is 21.5 Å². The van der Waals surface area contributed by atoms with E-state index in [2.05, 4.69) is 16.9 Å². The number of aromatic nitrogens is 2. The molecule has 0 saturated carbocycles. The highest BCUT2D eigenvalue weighted by molar-refractivity contribution is 7.18. The molecule has 0 spiro atoms. The fourth-order valence-corrected chi connectivity index (χ4v) is 3.24. The van der Waals surface area contributed by atoms with Crippen LogP contribution in [0.25, 0.3) is 10.2 Å². The van der Waals surface area contributed by atoms with Gasteiger partial charge in [-0.15, -0.1) is 11.3 Å². The normalized spacial score (nSPS) is 14.1. The van der Waals surface area contributed by atoms with Gasteiger partial charge in [-0.25, -0.2) is 9.97 Å². The van der Waals surface area contributed by atoms with Crippen molar-refractivity contribution >= 4 is 21.6 Å². The molecule has 0 unspecified atom stereocenters. The zero-order valence-corrected chi connectivity index (χ0v) is 11.4. The molecule has 0 aliphatic carbocycles. The van der Waals surface area contributed by atoms with E-state index in [4.69, 9.17) is 4.74 Å². The predicted molar refractivity (Wildman–Crippen MR) is 71.5 cm³/mol. The van der Waals surface area contributed by atoms with E-state index in [0.717, 1.165) is 30.9 Å². The molecule has 1 aliphatic rings. The first-order valence-electron chi connectivity index (χ1n) is 6.22. The van der Waals surface area contributed by atoms with Gasteiger partial charge in [-0.2, -0.15) is 0 Å². The van der Waals surface area contributed by atoms with Crippen molar-refractivity contribution in [2.45, 2.75) is 40.2 Å². The Morgan fingerprint density at radius 1 is 1.35 bits per heavy atom. The first-order valence-corrected chi connectivity index (χ1v) is 7.03. The first-order chi connectivity index (χ1) is 8.40. The van der Waals surface area contributed by atoms with Gasteiger partial charge in [-0.1, -0.05) is 20.8 Å². The standard InChI is InChI=1S/C11H12N2OS.C2H6/c1-2-8-10-7-3-4-14-5-9(7)15-11(10)13-6-12-8;1-2/h6H,2-5H2,1H3;1-2H3. The molecule has 3 rings (SSSR count). The molecule has 1 aliphatic heterocycles. The minimum atomic E-state index is 0.750. The fraction of sp³-hybridized carbons (Fsp3) is 0.538. The van der Waals surface area contributed by atoms with E-state index in [9.17, 15) is 0 Å². The molecule has 0 fully saturated rings. The largest absolute Gasteiger partial charge is 0.376 e. The Morgan fingerprint density at radius 3 is 2.94 bits per heavy atom. The van der Waals surface area contributed by atoms with E-state index < -0.39 is 0 Å². The van der Waals surface area contributed by atoms with Crippen molar-refractivity contribution in [3.05, 3.63) is 22.5 Å². The lowest BCUT2D eigenvalue weighted by atomic mass is 10.1. The monoisotopic (exact) mass is 250 g/mol. The molecule has 3 nitrogen and oxygen atoms in total. The van der Waals surface area contributed by atoms with Crippen LogP contribution in [0.5, 0.6) is 0 Å². The Kier molecular flexibility index (Phi) is 4.07. The summed E-state index contributed by atoms with van der Waals surface area (Å²) in [5, 5.41) is 1.29. The fourth-order valence-electron chi connectivity index (χ4n) is 2.09. The smallest absolute Gasteiger partial charge is 0.127 e. The molecule has 0 aromatic carbocycles. The molecule has 3 heterocycles. The van der Waals surface area contributed by atoms with E-state index in [0.29, 0.717) is 0 Å². The van der Waals surface area contributed by atoms with Crippen molar-refractivity contribution in [3.63, 3.8) is 0 Å². The van der Waals surface area contributed by atoms with Crippen molar-refractivity contribution in [1.82, 2.24) is 9.97 Å². The number of thiophene rings is 1. The minimum Gasteiger partial charge on any atom is -0.376 e. The lowest BCUT2D eigenvalue weighted by molar-refractivity contribution is 0.114. The van der Waals surface area contributed by atoms with Gasteiger partial charge in [0.1, 0.15) is 11.2 Å². The van der Waals surface area contributed by atoms with Gasteiger partial charge in [0.25, 0.3) is 0 Å². The van der Waals surface area contributed by atoms with Crippen LogP contribution in [0, 0.1) is 0 Å². The second-order valence-electron chi connectivity index (χ2n) is 3.66. The summed E-state index contributed by atoms with van der Waals surface area (Å²) in [7, 11) is 0. The highest BCUT2D eigenvalue weighted by atomic mass is 32.1. The van der Waals surface area contributed by atoms with Gasteiger partial charge in [0.15, 0.2) is 0 Å². The van der Waals surface area contributed by atoms with Crippen molar-refractivity contribution in [3.8, 4) is 0 Å². The number of fused-ring (bicyclic) bond motifs is 3. The van der Waals surface area contributed by atoms with Crippen LogP contribution in [-0.4, -0.2) is 16.6 Å². The quantitative estimate of drug-likeness (QED) is 0.778. The van der Waals surface area contributed by atoms with Crippen molar-refractivity contribution < 1.29 is 4.74 Å². The first kappa shape index (κ1) is 12.5. The van der Waals surface area contributed by atoms with E-state index in [1.54, 1.807) is 17.7 Å². The Labute approximate surface area is 106 Å². The summed E-state index contributed by atoms with van der Waals surface area (Å²) in [4.78, 5) is 11.2. The Bertz CT molecular complexity index is 507. The summed E-state index contributed by atoms with van der Waals surface area (Å²) in [6.45, 7) is 7.72. The molecule has 2 aromatic rings. The summed E-state index contributed by atoms with van der Waals surface area (Å²) < 4.78 is 5.46. The van der Waals surface area contributed by atoms with Crippen molar-refractivity contribution in [2.75, 3.05) is 6.61 Å². The third-order valence-electron chi connectivity index (χ3n) is 2.81. The highest BCUT2D eigenvalue weighted by Gasteiger charge is 2.19. The Morgan fingerprint density at radius 2 is 2.18 bits per heavy atom. The molecule has 92 valence electrons. The van der Waals surface area contributed by atoms with Gasteiger partial charge >= 0.3 is 0 Å². The molecule has 17 heavy (non-hydrogen) atoms. The average molecular weight is 250 g/mol. The van der Waals surface area contributed by atoms with Crippen LogP contribution in [0.15, 0.2) is 6.33 Å². The Hall–Kier alpha value is -1.00. The van der Waals surface area contributed by atoms with Crippen LogP contribution >= 0.6 is 11.3 Å². The molecule has 4 heteroatoms. The zero-order chi connectivity index (χ0) is 12.3. The summed E-state index contributed by atoms with van der Waals surface area (Å²) >= 11 is 1.75. The van der Waals surface area contributed by atoms with Gasteiger partial charge in [0.05, 0.1) is 18.9 Å². The van der Waals surface area contributed by atoms with E-state index in [-0.39, 0.29) is 0 Å². The number of aryl methyl sites for hydroxylation is 1. The van der Waals surface area contributed by atoms with Crippen molar-refractivity contribution in [1.29, 1.82) is 0 Å². The van der Waals surface area contributed by atoms with E-state index in [1.807, 2.05) is 13.8 Å². The number of rotatable bonds is 1. The third kappa shape index (κ3) is 2.19. The zero-order valence-electron chi connectivity index (χ0n) is 10.6. The minimum absolute atomic E-state index is 0.750. The maximum Gasteiger partial charge on any atom is 0.127 e. The highest BCUT2D eigenvalue weighted by Crippen LogP contribution is 2.34. The van der Waals surface area contributed by atoms with Crippen molar-refractivity contribution in [2.24, 2.45) is 0 Å². The summed E-state index contributed by atoms with van der Waals surface area (Å²) in [5.41, 5.74) is 2.61. The lowest BCUT2D eigenvalue weighted by Crippen LogP contribution is -2.07. The van der Waals surface area contributed by atoms with Crippen LogP contribution in [-0.2, 0) is 24.2 Å². The molecule has 0 N–H and O–H groups in total. The van der Waals surface area contributed by atoms with Gasteiger partial charge in [-0.05, 0) is 18.4 Å². The van der Waals surface area contributed by atoms with E-state index >= 15 is 0 Å². The molecule has 0 atom stereocenters. The van der Waals surface area contributed by atoms with Crippen LogP contribution in [0.2, 0.25) is 0 Å². The van der Waals surface area contributed by atoms with Crippen LogP contribution in [0.4, 0.5) is 0 Å². The maximum atomic E-state index is 5.46. The molecular weight excluding hydrogens is 232 g/mol. The number of hydrogen-bond acceptors (Lipinski definition) is 4. The number of hydrogen-bond donors (Lipinski definition) is 0. The van der Waals surface area contributed by atoms with Gasteiger partial charge in [0, 0.05) is 10.3 Å². The Balaban J connectivity index is 0.000000514. The van der Waals surface area contributed by atoms with Crippen LogP contribution < -0.4 is 0 Å². The predicted octanol–water partition coefficient (Wildman–Crippen LogP) is 3.35. The second kappa shape index (κ2) is 5.56. The third-order valence-corrected chi connectivity index (χ3v) is 3.93. The molecule has 0 saturated heterocycles. The van der Waals surface area contributed by atoms with Gasteiger partial charge in [0.2, 0.25) is 0 Å². The SMILES string of the molecule is CC.CCc1ncnc2sc3c(c12)CCOC3.